The fourth-order valence-corrected chi connectivity index (χ4v) is 3.38. The van der Waals surface area contributed by atoms with Gasteiger partial charge in [0.05, 0.1) is 19.8 Å². The van der Waals surface area contributed by atoms with Gasteiger partial charge in [-0.2, -0.15) is 0 Å². The first-order chi connectivity index (χ1) is 16.5. The average Bonchev–Trinajstić information content (AvgIpc) is 2.86. The van der Waals surface area contributed by atoms with E-state index in [1.54, 1.807) is 31.2 Å². The summed E-state index contributed by atoms with van der Waals surface area (Å²) in [5, 5.41) is 15.1. The lowest BCUT2D eigenvalue weighted by molar-refractivity contribution is 0.0685. The number of aromatic carboxylic acids is 1. The highest BCUT2D eigenvalue weighted by atomic mass is 16.5. The molecule has 0 saturated carbocycles. The van der Waals surface area contributed by atoms with E-state index in [9.17, 15) is 14.7 Å². The van der Waals surface area contributed by atoms with Gasteiger partial charge >= 0.3 is 12.0 Å². The molecular formula is C23H24N6O5. The minimum absolute atomic E-state index is 0.129. The Morgan fingerprint density at radius 3 is 2.50 bits per heavy atom. The number of aromatic nitrogens is 3. The van der Waals surface area contributed by atoms with Gasteiger partial charge in [0.2, 0.25) is 0 Å². The van der Waals surface area contributed by atoms with Crippen molar-refractivity contribution in [2.24, 2.45) is 0 Å². The van der Waals surface area contributed by atoms with E-state index in [2.05, 4.69) is 25.6 Å². The lowest BCUT2D eigenvalue weighted by atomic mass is 10.2. The van der Waals surface area contributed by atoms with Crippen molar-refractivity contribution >= 4 is 29.3 Å². The van der Waals surface area contributed by atoms with Crippen molar-refractivity contribution in [1.29, 1.82) is 0 Å². The largest absolute Gasteiger partial charge is 0.488 e. The first kappa shape index (κ1) is 22.9. The second-order valence-corrected chi connectivity index (χ2v) is 7.26. The second-order valence-electron chi connectivity index (χ2n) is 7.26. The van der Waals surface area contributed by atoms with Crippen LogP contribution < -0.4 is 20.3 Å². The predicted octanol–water partition coefficient (Wildman–Crippen LogP) is 3.12. The Balaban J connectivity index is 1.59. The third-order valence-corrected chi connectivity index (χ3v) is 4.94. The van der Waals surface area contributed by atoms with E-state index >= 15 is 0 Å². The number of benzene rings is 1. The minimum atomic E-state index is -1.22. The molecule has 0 aliphatic carbocycles. The number of hydrogen-bond acceptors (Lipinski definition) is 8. The van der Waals surface area contributed by atoms with Crippen LogP contribution in [0.2, 0.25) is 0 Å². The van der Waals surface area contributed by atoms with E-state index in [4.69, 9.17) is 9.47 Å². The summed E-state index contributed by atoms with van der Waals surface area (Å²) in [6.45, 7) is 4.14. The topological polar surface area (TPSA) is 139 Å². The van der Waals surface area contributed by atoms with Crippen molar-refractivity contribution in [3.63, 3.8) is 0 Å². The third-order valence-electron chi connectivity index (χ3n) is 4.94. The molecule has 1 aliphatic rings. The number of amides is 2. The number of hydrogen-bond donors (Lipinski definition) is 3. The molecule has 3 aromatic rings. The smallest absolute Gasteiger partial charge is 0.358 e. The van der Waals surface area contributed by atoms with Crippen molar-refractivity contribution in [2.45, 2.75) is 6.92 Å². The van der Waals surface area contributed by atoms with Gasteiger partial charge in [-0.25, -0.2) is 24.5 Å². The molecule has 1 fully saturated rings. The number of rotatable bonds is 7. The normalized spacial score (nSPS) is 13.3. The van der Waals surface area contributed by atoms with Crippen LogP contribution in [-0.4, -0.2) is 65.0 Å². The summed E-state index contributed by atoms with van der Waals surface area (Å²) in [7, 11) is 0. The molecule has 0 radical (unpaired) electrons. The fourth-order valence-electron chi connectivity index (χ4n) is 3.38. The van der Waals surface area contributed by atoms with Crippen molar-refractivity contribution in [2.75, 3.05) is 48.4 Å². The zero-order valence-electron chi connectivity index (χ0n) is 18.5. The lowest BCUT2D eigenvalue weighted by Crippen LogP contribution is -2.37. The maximum atomic E-state index is 12.2. The van der Waals surface area contributed by atoms with Gasteiger partial charge in [0.15, 0.2) is 23.1 Å². The molecule has 0 spiro atoms. The highest BCUT2D eigenvalue weighted by Crippen LogP contribution is 2.33. The average molecular weight is 464 g/mol. The zero-order chi connectivity index (χ0) is 23.9. The molecule has 11 heteroatoms. The highest BCUT2D eigenvalue weighted by molar-refractivity contribution is 5.99. The standard InChI is InChI=1S/C23H24N6O5/c1-2-34-19-18(22(30)31)27-20(28-21(19)29-10-12-33-13-11-29)15-8-9-17(24-14-15)26-23(32)25-16-6-4-3-5-7-16/h3-9,14H,2,10-13H2,1H3,(H,30,31)(H2,24,25,26,32). The number of carboxylic acid groups (broad SMARTS) is 1. The third kappa shape index (κ3) is 5.38. The van der Waals surface area contributed by atoms with Gasteiger partial charge in [0.1, 0.15) is 5.82 Å². The van der Waals surface area contributed by atoms with Crippen molar-refractivity contribution in [3.8, 4) is 17.1 Å². The van der Waals surface area contributed by atoms with Gasteiger partial charge in [-0.1, -0.05) is 18.2 Å². The number of carboxylic acids is 1. The molecule has 1 saturated heterocycles. The van der Waals surface area contributed by atoms with Crippen molar-refractivity contribution in [3.05, 3.63) is 54.4 Å². The van der Waals surface area contributed by atoms with Gasteiger partial charge in [0.25, 0.3) is 0 Å². The molecular weight excluding hydrogens is 440 g/mol. The van der Waals surface area contributed by atoms with Gasteiger partial charge in [-0.05, 0) is 31.2 Å². The number of nitrogens with one attached hydrogen (secondary N) is 2. The van der Waals surface area contributed by atoms with Crippen molar-refractivity contribution in [1.82, 2.24) is 15.0 Å². The van der Waals surface area contributed by atoms with Crippen LogP contribution in [0.3, 0.4) is 0 Å². The zero-order valence-corrected chi connectivity index (χ0v) is 18.5. The number of carbonyl (C=O) groups is 2. The molecule has 3 N–H and O–H groups in total. The second kappa shape index (κ2) is 10.6. The molecule has 2 aromatic heterocycles. The Labute approximate surface area is 195 Å². The fraction of sp³-hybridized carbons (Fsp3) is 0.261. The summed E-state index contributed by atoms with van der Waals surface area (Å²) in [5.41, 5.74) is 0.920. The first-order valence-electron chi connectivity index (χ1n) is 10.8. The molecule has 4 rings (SSSR count). The Morgan fingerprint density at radius 2 is 1.85 bits per heavy atom. The molecule has 11 nitrogen and oxygen atoms in total. The highest BCUT2D eigenvalue weighted by Gasteiger charge is 2.26. The van der Waals surface area contributed by atoms with E-state index < -0.39 is 12.0 Å². The molecule has 3 heterocycles. The monoisotopic (exact) mass is 464 g/mol. The van der Waals surface area contributed by atoms with Crippen molar-refractivity contribution < 1.29 is 24.2 Å². The summed E-state index contributed by atoms with van der Waals surface area (Å²) in [4.78, 5) is 39.2. The molecule has 1 aliphatic heterocycles. The number of nitrogens with zero attached hydrogens (tertiary/aromatic N) is 4. The van der Waals surface area contributed by atoms with Crippen LogP contribution in [0.25, 0.3) is 11.4 Å². The van der Waals surface area contributed by atoms with Crippen LogP contribution in [0, 0.1) is 0 Å². The summed E-state index contributed by atoms with van der Waals surface area (Å²) >= 11 is 0. The number of para-hydroxylation sites is 1. The maximum absolute atomic E-state index is 12.2. The SMILES string of the molecule is CCOc1c(C(=O)O)nc(-c2ccc(NC(=O)Nc3ccccc3)nc2)nc1N1CCOCC1. The number of pyridine rings is 1. The van der Waals surface area contributed by atoms with Crippen LogP contribution in [0.1, 0.15) is 17.4 Å². The van der Waals surface area contributed by atoms with E-state index in [0.717, 1.165) is 0 Å². The number of ether oxygens (including phenoxy) is 2. The molecule has 0 unspecified atom stereocenters. The summed E-state index contributed by atoms with van der Waals surface area (Å²) in [6, 6.07) is 11.8. The number of carbonyl (C=O) groups excluding carboxylic acids is 1. The Bertz CT molecular complexity index is 1150. The van der Waals surface area contributed by atoms with Gasteiger partial charge < -0.3 is 24.8 Å². The van der Waals surface area contributed by atoms with E-state index in [1.807, 2.05) is 23.1 Å². The van der Waals surface area contributed by atoms with Crippen LogP contribution in [0.4, 0.5) is 22.1 Å². The number of anilines is 3. The molecule has 2 amide bonds. The molecule has 34 heavy (non-hydrogen) atoms. The molecule has 0 bridgehead atoms. The summed E-state index contributed by atoms with van der Waals surface area (Å²) in [6.07, 6.45) is 1.47. The molecule has 176 valence electrons. The first-order valence-corrected chi connectivity index (χ1v) is 10.8. The Kier molecular flexibility index (Phi) is 7.13. The lowest BCUT2D eigenvalue weighted by Gasteiger charge is -2.29. The summed E-state index contributed by atoms with van der Waals surface area (Å²) in [5.74, 6) is -0.183. The Morgan fingerprint density at radius 1 is 1.09 bits per heavy atom. The number of urea groups is 1. The molecule has 0 atom stereocenters. The maximum Gasteiger partial charge on any atom is 0.358 e. The van der Waals surface area contributed by atoms with Gasteiger partial charge in [-0.15, -0.1) is 0 Å². The predicted molar refractivity (Wildman–Crippen MR) is 126 cm³/mol. The van der Waals surface area contributed by atoms with Crippen LogP contribution in [0.5, 0.6) is 5.75 Å². The molecule has 1 aromatic carbocycles. The van der Waals surface area contributed by atoms with Gasteiger partial charge in [0, 0.05) is 30.5 Å². The minimum Gasteiger partial charge on any atom is -0.488 e. The van der Waals surface area contributed by atoms with E-state index in [1.165, 1.54) is 6.20 Å². The van der Waals surface area contributed by atoms with E-state index in [0.29, 0.717) is 49.2 Å². The quantitative estimate of drug-likeness (QED) is 0.481. The van der Waals surface area contributed by atoms with Crippen LogP contribution >= 0.6 is 0 Å². The van der Waals surface area contributed by atoms with E-state index in [-0.39, 0.29) is 23.9 Å². The van der Waals surface area contributed by atoms with Crippen LogP contribution in [0.15, 0.2) is 48.7 Å². The number of morpholine rings is 1. The van der Waals surface area contributed by atoms with Gasteiger partial charge in [-0.3, -0.25) is 5.32 Å². The summed E-state index contributed by atoms with van der Waals surface area (Å²) < 4.78 is 11.0. The van der Waals surface area contributed by atoms with Crippen LogP contribution in [-0.2, 0) is 4.74 Å². The Hall–Kier alpha value is -4.25.